The quantitative estimate of drug-likeness (QED) is 0.163. The van der Waals surface area contributed by atoms with Gasteiger partial charge in [0.2, 0.25) is 5.91 Å². The van der Waals surface area contributed by atoms with Gasteiger partial charge >= 0.3 is 0 Å². The van der Waals surface area contributed by atoms with Crippen LogP contribution >= 0.6 is 11.8 Å². The van der Waals surface area contributed by atoms with E-state index >= 15 is 0 Å². The molecule has 0 unspecified atom stereocenters. The standard InChI is InChI=1S/C26H25N5O5S/c1-3-35-21-13-14-22(23(15-21)31(33)34)27-25(32)17-37-26-29-28-24(16-36-20-7-5-4-6-8-20)30(26)19-11-9-18(2)10-12-19/h4-15H,3,16-17H2,1-2H3,(H,27,32). The van der Waals surface area contributed by atoms with Gasteiger partial charge in [0.15, 0.2) is 11.0 Å². The third-order valence-electron chi connectivity index (χ3n) is 5.19. The Hall–Kier alpha value is -4.38. The van der Waals surface area contributed by atoms with Crippen LogP contribution in [0.5, 0.6) is 11.5 Å². The molecule has 0 fully saturated rings. The first kappa shape index (κ1) is 25.7. The van der Waals surface area contributed by atoms with Gasteiger partial charge in [-0.05, 0) is 50.2 Å². The molecule has 37 heavy (non-hydrogen) atoms. The molecular weight excluding hydrogens is 494 g/mol. The van der Waals surface area contributed by atoms with Crippen LogP contribution in [0.1, 0.15) is 18.3 Å². The number of amides is 1. The van der Waals surface area contributed by atoms with Gasteiger partial charge in [0.25, 0.3) is 5.69 Å². The number of anilines is 1. The van der Waals surface area contributed by atoms with Crippen molar-refractivity contribution in [2.75, 3.05) is 17.7 Å². The first-order valence-corrected chi connectivity index (χ1v) is 12.5. The molecule has 10 nitrogen and oxygen atoms in total. The normalized spacial score (nSPS) is 10.6. The fourth-order valence-electron chi connectivity index (χ4n) is 3.45. The molecule has 1 aromatic heterocycles. The summed E-state index contributed by atoms with van der Waals surface area (Å²) in [6, 6.07) is 21.5. The van der Waals surface area contributed by atoms with Crippen LogP contribution in [-0.2, 0) is 11.4 Å². The van der Waals surface area contributed by atoms with Gasteiger partial charge < -0.3 is 14.8 Å². The Bertz CT molecular complexity index is 1380. The molecule has 1 N–H and O–H groups in total. The maximum atomic E-state index is 12.7. The van der Waals surface area contributed by atoms with Gasteiger partial charge in [-0.15, -0.1) is 10.2 Å². The molecule has 3 aromatic carbocycles. The molecule has 4 rings (SSSR count). The lowest BCUT2D eigenvalue weighted by Crippen LogP contribution is -2.16. The molecule has 0 aliphatic heterocycles. The molecule has 190 valence electrons. The molecule has 0 aliphatic rings. The largest absolute Gasteiger partial charge is 0.494 e. The summed E-state index contributed by atoms with van der Waals surface area (Å²) < 4.78 is 13.0. The van der Waals surface area contributed by atoms with Crippen LogP contribution in [0, 0.1) is 17.0 Å². The van der Waals surface area contributed by atoms with Crippen molar-refractivity contribution >= 4 is 29.0 Å². The maximum Gasteiger partial charge on any atom is 0.296 e. The zero-order chi connectivity index (χ0) is 26.2. The van der Waals surface area contributed by atoms with E-state index in [2.05, 4.69) is 15.5 Å². The zero-order valence-electron chi connectivity index (χ0n) is 20.3. The number of thioether (sulfide) groups is 1. The average Bonchev–Trinajstić information content (AvgIpc) is 3.31. The molecule has 11 heteroatoms. The monoisotopic (exact) mass is 519 g/mol. The number of carbonyl (C=O) groups is 1. The van der Waals surface area contributed by atoms with Crippen LogP contribution in [0.25, 0.3) is 5.69 Å². The number of hydrogen-bond acceptors (Lipinski definition) is 8. The molecule has 4 aromatic rings. The average molecular weight is 520 g/mol. The summed E-state index contributed by atoms with van der Waals surface area (Å²) in [7, 11) is 0. The predicted octanol–water partition coefficient (Wildman–Crippen LogP) is 5.19. The van der Waals surface area contributed by atoms with Crippen LogP contribution in [0.2, 0.25) is 0 Å². The highest BCUT2D eigenvalue weighted by Gasteiger charge is 2.20. The van der Waals surface area contributed by atoms with Crippen LogP contribution in [0.15, 0.2) is 78.0 Å². The Labute approximate surface area is 217 Å². The van der Waals surface area contributed by atoms with E-state index in [-0.39, 0.29) is 23.7 Å². The van der Waals surface area contributed by atoms with E-state index in [4.69, 9.17) is 9.47 Å². The molecule has 0 atom stereocenters. The Kier molecular flexibility index (Phi) is 8.37. The Balaban J connectivity index is 1.50. The molecular formula is C26H25N5O5S. The van der Waals surface area contributed by atoms with E-state index in [1.165, 1.54) is 23.9 Å². The lowest BCUT2D eigenvalue weighted by molar-refractivity contribution is -0.384. The van der Waals surface area contributed by atoms with E-state index in [0.717, 1.165) is 11.3 Å². The number of benzene rings is 3. The second-order valence-corrected chi connectivity index (χ2v) is 8.82. The van der Waals surface area contributed by atoms with Crippen molar-refractivity contribution in [1.82, 2.24) is 14.8 Å². The number of nitro groups is 1. The van der Waals surface area contributed by atoms with E-state index in [9.17, 15) is 14.9 Å². The summed E-state index contributed by atoms with van der Waals surface area (Å²) in [6.45, 7) is 4.33. The van der Waals surface area contributed by atoms with Crippen LogP contribution in [-0.4, -0.2) is 38.0 Å². The third kappa shape index (κ3) is 6.64. The second kappa shape index (κ2) is 12.0. The number of nitro benzene ring substituents is 1. The fraction of sp³-hybridized carbons (Fsp3) is 0.192. The summed E-state index contributed by atoms with van der Waals surface area (Å²) in [4.78, 5) is 23.6. The Morgan fingerprint density at radius 2 is 1.78 bits per heavy atom. The molecule has 0 spiro atoms. The van der Waals surface area contributed by atoms with Gasteiger partial charge in [-0.1, -0.05) is 47.7 Å². The topological polar surface area (TPSA) is 121 Å². The molecule has 1 amide bonds. The number of nitrogens with one attached hydrogen (secondary N) is 1. The minimum absolute atomic E-state index is 0.0338. The highest BCUT2D eigenvalue weighted by molar-refractivity contribution is 7.99. The van der Waals surface area contributed by atoms with E-state index in [0.29, 0.717) is 29.1 Å². The molecule has 0 radical (unpaired) electrons. The molecule has 1 heterocycles. The van der Waals surface area contributed by atoms with Gasteiger partial charge in [0.1, 0.15) is 23.8 Å². The van der Waals surface area contributed by atoms with Crippen LogP contribution in [0.4, 0.5) is 11.4 Å². The predicted molar refractivity (Wildman–Crippen MR) is 140 cm³/mol. The summed E-state index contributed by atoms with van der Waals surface area (Å²) >= 11 is 1.17. The number of aromatic nitrogens is 3. The van der Waals surface area contributed by atoms with Crippen molar-refractivity contribution < 1.29 is 19.2 Å². The fourth-order valence-corrected chi connectivity index (χ4v) is 4.22. The minimum Gasteiger partial charge on any atom is -0.494 e. The van der Waals surface area contributed by atoms with Gasteiger partial charge in [-0.2, -0.15) is 0 Å². The molecule has 0 saturated carbocycles. The van der Waals surface area contributed by atoms with Crippen molar-refractivity contribution in [3.63, 3.8) is 0 Å². The molecule has 0 saturated heterocycles. The van der Waals surface area contributed by atoms with Crippen LogP contribution in [0.3, 0.4) is 0 Å². The summed E-state index contributed by atoms with van der Waals surface area (Å²) in [6.07, 6.45) is 0. The van der Waals surface area contributed by atoms with Gasteiger partial charge in [-0.3, -0.25) is 19.5 Å². The van der Waals surface area contributed by atoms with Crippen molar-refractivity contribution in [1.29, 1.82) is 0 Å². The first-order valence-electron chi connectivity index (χ1n) is 11.5. The van der Waals surface area contributed by atoms with Crippen molar-refractivity contribution in [2.24, 2.45) is 0 Å². The third-order valence-corrected chi connectivity index (χ3v) is 6.12. The Morgan fingerprint density at radius 1 is 1.03 bits per heavy atom. The number of ether oxygens (including phenoxy) is 2. The van der Waals surface area contributed by atoms with Crippen LogP contribution < -0.4 is 14.8 Å². The SMILES string of the molecule is CCOc1ccc(NC(=O)CSc2nnc(COc3ccccc3)n2-c2ccc(C)cc2)c([N+](=O)[O-])c1. The Morgan fingerprint density at radius 3 is 2.49 bits per heavy atom. The first-order chi connectivity index (χ1) is 17.9. The highest BCUT2D eigenvalue weighted by Crippen LogP contribution is 2.30. The maximum absolute atomic E-state index is 12.7. The lowest BCUT2D eigenvalue weighted by Gasteiger charge is -2.12. The number of rotatable bonds is 11. The summed E-state index contributed by atoms with van der Waals surface area (Å²) in [5.41, 5.74) is 1.78. The number of aryl methyl sites for hydroxylation is 1. The number of para-hydroxylation sites is 1. The minimum atomic E-state index is -0.557. The van der Waals surface area contributed by atoms with Gasteiger partial charge in [-0.25, -0.2) is 0 Å². The summed E-state index contributed by atoms with van der Waals surface area (Å²) in [5, 5.41) is 23.2. The highest BCUT2D eigenvalue weighted by atomic mass is 32.2. The molecule has 0 aliphatic carbocycles. The zero-order valence-corrected chi connectivity index (χ0v) is 21.1. The lowest BCUT2D eigenvalue weighted by atomic mass is 10.2. The number of hydrogen-bond donors (Lipinski definition) is 1. The van der Waals surface area contributed by atoms with E-state index in [1.54, 1.807) is 13.0 Å². The van der Waals surface area contributed by atoms with Crippen molar-refractivity contribution in [2.45, 2.75) is 25.6 Å². The number of nitrogens with zero attached hydrogens (tertiary/aromatic N) is 4. The van der Waals surface area contributed by atoms with E-state index in [1.807, 2.05) is 66.1 Å². The van der Waals surface area contributed by atoms with E-state index < -0.39 is 10.8 Å². The molecule has 0 bridgehead atoms. The summed E-state index contributed by atoms with van der Waals surface area (Å²) in [5.74, 6) is 1.17. The van der Waals surface area contributed by atoms with Gasteiger partial charge in [0, 0.05) is 5.69 Å². The van der Waals surface area contributed by atoms with Crippen molar-refractivity contribution in [3.05, 3.63) is 94.3 Å². The smallest absolute Gasteiger partial charge is 0.296 e. The van der Waals surface area contributed by atoms with Gasteiger partial charge in [0.05, 0.1) is 23.3 Å². The second-order valence-electron chi connectivity index (χ2n) is 7.88. The number of carbonyl (C=O) groups excluding carboxylic acids is 1. The van der Waals surface area contributed by atoms with Crippen molar-refractivity contribution in [3.8, 4) is 17.2 Å².